The van der Waals surface area contributed by atoms with Gasteiger partial charge in [-0.1, -0.05) is 13.8 Å². The SMILES string of the molecule is CC(C)COC(=O)Nc1ccc(N2CCCC(OC(=O)N3C4CCC3CC(O)C4)C2)c(F)c1. The molecule has 3 aliphatic heterocycles. The number of hydrogen-bond donors (Lipinski definition) is 2. The Kier molecular flexibility index (Phi) is 7.26. The predicted octanol–water partition coefficient (Wildman–Crippen LogP) is 4.12. The van der Waals surface area contributed by atoms with Crippen molar-refractivity contribution in [1.29, 1.82) is 0 Å². The first-order valence-electron chi connectivity index (χ1n) is 12.0. The molecule has 8 nitrogen and oxygen atoms in total. The average Bonchev–Trinajstić information content (AvgIpc) is 3.04. The van der Waals surface area contributed by atoms with E-state index >= 15 is 0 Å². The molecule has 3 atom stereocenters. The Morgan fingerprint density at radius 3 is 2.61 bits per heavy atom. The van der Waals surface area contributed by atoms with Crippen LogP contribution in [0.5, 0.6) is 0 Å². The standard InChI is InChI=1S/C24H34FN3O5/c1-15(2)14-32-23(30)26-16-5-8-22(21(25)10-16)27-9-3-4-20(13-27)33-24(31)28-17-6-7-18(28)12-19(29)11-17/h5,8,10,15,17-20,29H,3-4,6-7,9,11-14H2,1-2H3,(H,26,30). The normalized spacial score (nSPS) is 26.9. The van der Waals surface area contributed by atoms with Crippen molar-refractivity contribution in [2.75, 3.05) is 29.9 Å². The zero-order chi connectivity index (χ0) is 23.5. The van der Waals surface area contributed by atoms with Gasteiger partial charge in [0, 0.05) is 24.3 Å². The second-order valence-corrected chi connectivity index (χ2v) is 9.80. The van der Waals surface area contributed by atoms with Crippen LogP contribution in [0.2, 0.25) is 0 Å². The van der Waals surface area contributed by atoms with Gasteiger partial charge in [0.25, 0.3) is 0 Å². The molecule has 2 bridgehead atoms. The van der Waals surface area contributed by atoms with Gasteiger partial charge in [-0.15, -0.1) is 0 Å². The van der Waals surface area contributed by atoms with Crippen molar-refractivity contribution in [3.05, 3.63) is 24.0 Å². The second-order valence-electron chi connectivity index (χ2n) is 9.80. The fraction of sp³-hybridized carbons (Fsp3) is 0.667. The highest BCUT2D eigenvalue weighted by molar-refractivity contribution is 5.85. The minimum atomic E-state index is -0.611. The highest BCUT2D eigenvalue weighted by atomic mass is 19.1. The lowest BCUT2D eigenvalue weighted by atomic mass is 10.0. The molecule has 4 rings (SSSR count). The van der Waals surface area contributed by atoms with E-state index in [2.05, 4.69) is 5.32 Å². The van der Waals surface area contributed by atoms with Crippen LogP contribution >= 0.6 is 0 Å². The smallest absolute Gasteiger partial charge is 0.411 e. The molecular formula is C24H34FN3O5. The average molecular weight is 464 g/mol. The fourth-order valence-electron chi connectivity index (χ4n) is 5.14. The number of aliphatic hydroxyl groups excluding tert-OH is 1. The van der Waals surface area contributed by atoms with E-state index < -0.39 is 11.9 Å². The maximum absolute atomic E-state index is 14.9. The molecule has 2 N–H and O–H groups in total. The number of nitrogens with one attached hydrogen (secondary N) is 1. The number of halogens is 1. The van der Waals surface area contributed by atoms with Crippen LogP contribution in [0.15, 0.2) is 18.2 Å². The summed E-state index contributed by atoms with van der Waals surface area (Å²) < 4.78 is 25.8. The van der Waals surface area contributed by atoms with Crippen LogP contribution in [0.3, 0.4) is 0 Å². The molecule has 2 amide bonds. The van der Waals surface area contributed by atoms with Crippen molar-refractivity contribution in [2.24, 2.45) is 5.92 Å². The molecule has 3 saturated heterocycles. The third-order valence-electron chi connectivity index (χ3n) is 6.65. The lowest BCUT2D eigenvalue weighted by molar-refractivity contribution is 0.00640. The Morgan fingerprint density at radius 2 is 1.94 bits per heavy atom. The second kappa shape index (κ2) is 10.2. The maximum atomic E-state index is 14.9. The van der Waals surface area contributed by atoms with Gasteiger partial charge in [-0.2, -0.15) is 0 Å². The first-order chi connectivity index (χ1) is 15.8. The van der Waals surface area contributed by atoms with Crippen molar-refractivity contribution >= 4 is 23.6 Å². The first kappa shape index (κ1) is 23.6. The molecule has 0 radical (unpaired) electrons. The molecule has 0 aromatic heterocycles. The summed E-state index contributed by atoms with van der Waals surface area (Å²) in [6, 6.07) is 4.65. The molecule has 0 aliphatic carbocycles. The Morgan fingerprint density at radius 1 is 1.21 bits per heavy atom. The summed E-state index contributed by atoms with van der Waals surface area (Å²) in [6.07, 6.45) is 2.96. The topological polar surface area (TPSA) is 91.3 Å². The maximum Gasteiger partial charge on any atom is 0.411 e. The number of carbonyl (C=O) groups is 2. The van der Waals surface area contributed by atoms with Gasteiger partial charge in [0.2, 0.25) is 0 Å². The monoisotopic (exact) mass is 463 g/mol. The van der Waals surface area contributed by atoms with Gasteiger partial charge in [0.1, 0.15) is 11.9 Å². The van der Waals surface area contributed by atoms with Crippen molar-refractivity contribution in [1.82, 2.24) is 4.90 Å². The van der Waals surface area contributed by atoms with Gasteiger partial charge in [-0.3, -0.25) is 5.32 Å². The minimum Gasteiger partial charge on any atom is -0.449 e. The zero-order valence-electron chi connectivity index (χ0n) is 19.3. The van der Waals surface area contributed by atoms with Crippen LogP contribution in [-0.4, -0.2) is 66.2 Å². The summed E-state index contributed by atoms with van der Waals surface area (Å²) >= 11 is 0. The van der Waals surface area contributed by atoms with E-state index in [4.69, 9.17) is 9.47 Å². The predicted molar refractivity (Wildman–Crippen MR) is 122 cm³/mol. The van der Waals surface area contributed by atoms with Crippen LogP contribution in [0.25, 0.3) is 0 Å². The van der Waals surface area contributed by atoms with E-state index in [1.165, 1.54) is 6.07 Å². The van der Waals surface area contributed by atoms with E-state index in [-0.39, 0.29) is 36.3 Å². The van der Waals surface area contributed by atoms with Crippen molar-refractivity contribution < 1.29 is 28.6 Å². The van der Waals surface area contributed by atoms with Gasteiger partial charge in [0.05, 0.1) is 24.9 Å². The number of carbonyl (C=O) groups excluding carboxylic acids is 2. The zero-order valence-corrected chi connectivity index (χ0v) is 19.3. The largest absolute Gasteiger partial charge is 0.449 e. The van der Waals surface area contributed by atoms with Gasteiger partial charge in [-0.25, -0.2) is 14.0 Å². The third-order valence-corrected chi connectivity index (χ3v) is 6.65. The van der Waals surface area contributed by atoms with E-state index in [0.29, 0.717) is 43.9 Å². The molecule has 33 heavy (non-hydrogen) atoms. The summed E-state index contributed by atoms with van der Waals surface area (Å²) in [4.78, 5) is 28.4. The molecule has 182 valence electrons. The number of amides is 2. The van der Waals surface area contributed by atoms with E-state index in [1.54, 1.807) is 12.1 Å². The molecule has 9 heteroatoms. The molecule has 0 spiro atoms. The summed E-state index contributed by atoms with van der Waals surface area (Å²) in [5.41, 5.74) is 0.741. The number of hydrogen-bond acceptors (Lipinski definition) is 6. The molecule has 3 fully saturated rings. The summed E-state index contributed by atoms with van der Waals surface area (Å²) in [5, 5.41) is 12.5. The molecular weight excluding hydrogens is 429 g/mol. The number of anilines is 2. The van der Waals surface area contributed by atoms with Crippen molar-refractivity contribution in [3.63, 3.8) is 0 Å². The number of aliphatic hydroxyl groups is 1. The van der Waals surface area contributed by atoms with E-state index in [1.807, 2.05) is 23.6 Å². The van der Waals surface area contributed by atoms with E-state index in [9.17, 15) is 19.1 Å². The van der Waals surface area contributed by atoms with Crippen LogP contribution < -0.4 is 10.2 Å². The van der Waals surface area contributed by atoms with Crippen LogP contribution in [0.4, 0.5) is 25.4 Å². The van der Waals surface area contributed by atoms with Crippen LogP contribution in [0, 0.1) is 11.7 Å². The first-order valence-corrected chi connectivity index (χ1v) is 12.0. The third kappa shape index (κ3) is 5.69. The lowest BCUT2D eigenvalue weighted by Gasteiger charge is -2.39. The van der Waals surface area contributed by atoms with Gasteiger partial charge in [-0.05, 0) is 62.6 Å². The minimum absolute atomic E-state index is 0.0515. The summed E-state index contributed by atoms with van der Waals surface area (Å²) in [6.45, 7) is 5.24. The fourth-order valence-corrected chi connectivity index (χ4v) is 5.14. The van der Waals surface area contributed by atoms with E-state index in [0.717, 1.165) is 25.7 Å². The quantitative estimate of drug-likeness (QED) is 0.683. The number of ether oxygens (including phenoxy) is 2. The molecule has 3 unspecified atom stereocenters. The number of fused-ring (bicyclic) bond motifs is 2. The number of rotatable bonds is 5. The molecule has 1 aromatic rings. The summed E-state index contributed by atoms with van der Waals surface area (Å²) in [7, 11) is 0. The van der Waals surface area contributed by atoms with Gasteiger partial charge >= 0.3 is 12.2 Å². The highest BCUT2D eigenvalue weighted by Crippen LogP contribution is 2.36. The molecule has 0 saturated carbocycles. The van der Waals surface area contributed by atoms with Crippen LogP contribution in [-0.2, 0) is 9.47 Å². The molecule has 3 aliphatic rings. The number of piperidine rings is 2. The summed E-state index contributed by atoms with van der Waals surface area (Å²) in [5.74, 6) is -0.237. The highest BCUT2D eigenvalue weighted by Gasteiger charge is 2.44. The van der Waals surface area contributed by atoms with Gasteiger partial charge in [0.15, 0.2) is 0 Å². The van der Waals surface area contributed by atoms with Crippen LogP contribution in [0.1, 0.15) is 52.4 Å². The lowest BCUT2D eigenvalue weighted by Crippen LogP contribution is -2.50. The van der Waals surface area contributed by atoms with Crippen molar-refractivity contribution in [3.8, 4) is 0 Å². The Hall–Kier alpha value is -2.55. The van der Waals surface area contributed by atoms with Gasteiger partial charge < -0.3 is 24.4 Å². The molecule has 3 heterocycles. The number of nitrogens with zero attached hydrogens (tertiary/aromatic N) is 2. The van der Waals surface area contributed by atoms with Crippen molar-refractivity contribution in [2.45, 2.75) is 76.7 Å². The Bertz CT molecular complexity index is 853. The number of benzene rings is 1. The molecule has 1 aromatic carbocycles. The Labute approximate surface area is 194 Å². The Balaban J connectivity index is 1.33.